The number of anilines is 1. The fourth-order valence-electron chi connectivity index (χ4n) is 3.58. The molecule has 0 unspecified atom stereocenters. The van der Waals surface area contributed by atoms with E-state index in [1.807, 2.05) is 77.7 Å². The second-order valence-corrected chi connectivity index (χ2v) is 8.49. The zero-order valence-corrected chi connectivity index (χ0v) is 19.0. The minimum atomic E-state index is 0.00528. The summed E-state index contributed by atoms with van der Waals surface area (Å²) >= 11 is 0. The molecule has 4 heteroatoms. The standard InChI is InChI=1S/C28H32N2O2/c1-22(2)19-28(32)30(21-25-11-7-4-8-12-25)26-15-13-24(14-16-26)20-27(31)29-18-17-23-9-5-3-6-10-23/h3-16,22H,17-21H2,1-2H3,(H,29,31). The van der Waals surface area contributed by atoms with E-state index in [4.69, 9.17) is 0 Å². The van der Waals surface area contributed by atoms with Crippen molar-refractivity contribution < 1.29 is 9.59 Å². The van der Waals surface area contributed by atoms with E-state index in [1.54, 1.807) is 0 Å². The number of benzene rings is 3. The minimum absolute atomic E-state index is 0.00528. The lowest BCUT2D eigenvalue weighted by atomic mass is 10.1. The fourth-order valence-corrected chi connectivity index (χ4v) is 3.58. The van der Waals surface area contributed by atoms with Gasteiger partial charge in [0.2, 0.25) is 11.8 Å². The zero-order chi connectivity index (χ0) is 22.8. The molecule has 1 N–H and O–H groups in total. The van der Waals surface area contributed by atoms with Crippen LogP contribution in [-0.2, 0) is 29.0 Å². The first-order valence-electron chi connectivity index (χ1n) is 11.2. The lowest BCUT2D eigenvalue weighted by Gasteiger charge is -2.24. The van der Waals surface area contributed by atoms with Crippen molar-refractivity contribution in [1.29, 1.82) is 0 Å². The van der Waals surface area contributed by atoms with E-state index in [0.29, 0.717) is 31.8 Å². The second kappa shape index (κ2) is 11.8. The fraction of sp³-hybridized carbons (Fsp3) is 0.286. The molecule has 0 spiro atoms. The molecule has 4 nitrogen and oxygen atoms in total. The summed E-state index contributed by atoms with van der Waals surface area (Å²) in [7, 11) is 0. The topological polar surface area (TPSA) is 49.4 Å². The van der Waals surface area contributed by atoms with Crippen LogP contribution in [0.3, 0.4) is 0 Å². The summed E-state index contributed by atoms with van der Waals surface area (Å²) in [6.45, 7) is 5.26. The summed E-state index contributed by atoms with van der Waals surface area (Å²) in [6, 6.07) is 27.9. The number of rotatable bonds is 10. The highest BCUT2D eigenvalue weighted by Crippen LogP contribution is 2.21. The first-order chi connectivity index (χ1) is 15.5. The van der Waals surface area contributed by atoms with Crippen LogP contribution < -0.4 is 10.2 Å². The van der Waals surface area contributed by atoms with Crippen molar-refractivity contribution in [3.8, 4) is 0 Å². The van der Waals surface area contributed by atoms with E-state index in [9.17, 15) is 9.59 Å². The Morgan fingerprint density at radius 2 is 1.38 bits per heavy atom. The number of nitrogens with one attached hydrogen (secondary N) is 1. The van der Waals surface area contributed by atoms with Crippen molar-refractivity contribution in [2.75, 3.05) is 11.4 Å². The molecule has 0 saturated carbocycles. The minimum Gasteiger partial charge on any atom is -0.355 e. The van der Waals surface area contributed by atoms with Crippen LogP contribution in [0.4, 0.5) is 5.69 Å². The average molecular weight is 429 g/mol. The molecule has 0 fully saturated rings. The largest absolute Gasteiger partial charge is 0.355 e. The number of amides is 2. The van der Waals surface area contributed by atoms with Gasteiger partial charge in [-0.2, -0.15) is 0 Å². The van der Waals surface area contributed by atoms with E-state index in [2.05, 4.69) is 31.3 Å². The first-order valence-corrected chi connectivity index (χ1v) is 11.2. The number of carbonyl (C=O) groups is 2. The van der Waals surface area contributed by atoms with Crippen LogP contribution in [0.15, 0.2) is 84.9 Å². The van der Waals surface area contributed by atoms with Crippen LogP contribution in [-0.4, -0.2) is 18.4 Å². The molecule has 0 saturated heterocycles. The number of hydrogen-bond donors (Lipinski definition) is 1. The smallest absolute Gasteiger partial charge is 0.227 e. The molecule has 0 atom stereocenters. The van der Waals surface area contributed by atoms with Gasteiger partial charge < -0.3 is 10.2 Å². The summed E-state index contributed by atoms with van der Waals surface area (Å²) in [4.78, 5) is 27.1. The molecule has 0 radical (unpaired) electrons. The molecule has 0 heterocycles. The van der Waals surface area contributed by atoms with Crippen LogP contribution in [0.2, 0.25) is 0 Å². The van der Waals surface area contributed by atoms with E-state index in [0.717, 1.165) is 23.2 Å². The third kappa shape index (κ3) is 7.38. The summed E-state index contributed by atoms with van der Waals surface area (Å²) < 4.78 is 0. The Balaban J connectivity index is 1.60. The Bertz CT molecular complexity index is 983. The quantitative estimate of drug-likeness (QED) is 0.484. The molecule has 3 aromatic carbocycles. The van der Waals surface area contributed by atoms with Gasteiger partial charge in [0.1, 0.15) is 0 Å². The Morgan fingerprint density at radius 3 is 1.97 bits per heavy atom. The zero-order valence-electron chi connectivity index (χ0n) is 19.0. The van der Waals surface area contributed by atoms with Crippen molar-refractivity contribution in [2.45, 2.75) is 39.7 Å². The predicted octanol–water partition coefficient (Wildman–Crippen LogP) is 5.17. The van der Waals surface area contributed by atoms with E-state index >= 15 is 0 Å². The molecule has 0 bridgehead atoms. The molecule has 0 aliphatic carbocycles. The van der Waals surface area contributed by atoms with Crippen LogP contribution >= 0.6 is 0 Å². The summed E-state index contributed by atoms with van der Waals surface area (Å²) in [5, 5.41) is 2.99. The normalized spacial score (nSPS) is 10.7. The maximum absolute atomic E-state index is 12.9. The lowest BCUT2D eigenvalue weighted by Crippen LogP contribution is -2.31. The van der Waals surface area contributed by atoms with Crippen molar-refractivity contribution in [1.82, 2.24) is 5.32 Å². The SMILES string of the molecule is CC(C)CC(=O)N(Cc1ccccc1)c1ccc(CC(=O)NCCc2ccccc2)cc1. The molecule has 3 rings (SSSR count). The van der Waals surface area contributed by atoms with Gasteiger partial charge in [0, 0.05) is 18.7 Å². The highest BCUT2D eigenvalue weighted by atomic mass is 16.2. The van der Waals surface area contributed by atoms with Gasteiger partial charge >= 0.3 is 0 Å². The molecular formula is C28H32N2O2. The highest BCUT2D eigenvalue weighted by molar-refractivity contribution is 5.93. The molecule has 166 valence electrons. The monoisotopic (exact) mass is 428 g/mol. The van der Waals surface area contributed by atoms with Crippen LogP contribution in [0.5, 0.6) is 0 Å². The molecule has 0 aliphatic heterocycles. The maximum atomic E-state index is 12.9. The van der Waals surface area contributed by atoms with Crippen molar-refractivity contribution in [3.63, 3.8) is 0 Å². The third-order valence-electron chi connectivity index (χ3n) is 5.26. The Morgan fingerprint density at radius 1 is 0.781 bits per heavy atom. The predicted molar refractivity (Wildman–Crippen MR) is 130 cm³/mol. The first kappa shape index (κ1) is 23.3. The van der Waals surface area contributed by atoms with E-state index in [1.165, 1.54) is 5.56 Å². The van der Waals surface area contributed by atoms with Gasteiger partial charge in [0.05, 0.1) is 13.0 Å². The lowest BCUT2D eigenvalue weighted by molar-refractivity contribution is -0.120. The third-order valence-corrected chi connectivity index (χ3v) is 5.26. The van der Waals surface area contributed by atoms with Crippen LogP contribution in [0.25, 0.3) is 0 Å². The molecule has 3 aromatic rings. The molecule has 2 amide bonds. The van der Waals surface area contributed by atoms with Gasteiger partial charge in [-0.1, -0.05) is 86.6 Å². The molecule has 0 aromatic heterocycles. The summed E-state index contributed by atoms with van der Waals surface area (Å²) in [6.07, 6.45) is 1.64. The van der Waals surface area contributed by atoms with Crippen LogP contribution in [0.1, 0.15) is 37.0 Å². The second-order valence-electron chi connectivity index (χ2n) is 8.49. The summed E-state index contributed by atoms with van der Waals surface area (Å²) in [5.74, 6) is 0.403. The van der Waals surface area contributed by atoms with Gasteiger partial charge in [-0.25, -0.2) is 0 Å². The maximum Gasteiger partial charge on any atom is 0.227 e. The molecule has 32 heavy (non-hydrogen) atoms. The van der Waals surface area contributed by atoms with Gasteiger partial charge in [-0.15, -0.1) is 0 Å². The molecular weight excluding hydrogens is 396 g/mol. The van der Waals surface area contributed by atoms with E-state index in [-0.39, 0.29) is 11.8 Å². The van der Waals surface area contributed by atoms with Gasteiger partial charge in [-0.3, -0.25) is 9.59 Å². The van der Waals surface area contributed by atoms with Crippen LogP contribution in [0, 0.1) is 5.92 Å². The Kier molecular flexibility index (Phi) is 8.61. The highest BCUT2D eigenvalue weighted by Gasteiger charge is 2.17. The van der Waals surface area contributed by atoms with Crippen molar-refractivity contribution >= 4 is 17.5 Å². The average Bonchev–Trinajstić information content (AvgIpc) is 2.79. The summed E-state index contributed by atoms with van der Waals surface area (Å²) in [5.41, 5.74) is 4.09. The molecule has 0 aliphatic rings. The van der Waals surface area contributed by atoms with Gasteiger partial charge in [0.15, 0.2) is 0 Å². The Labute approximate surface area is 191 Å². The van der Waals surface area contributed by atoms with Gasteiger partial charge in [-0.05, 0) is 41.2 Å². The van der Waals surface area contributed by atoms with E-state index < -0.39 is 0 Å². The number of carbonyl (C=O) groups excluding carboxylic acids is 2. The Hall–Kier alpha value is -3.40. The number of nitrogens with zero attached hydrogens (tertiary/aromatic N) is 1. The van der Waals surface area contributed by atoms with Crippen molar-refractivity contribution in [2.24, 2.45) is 5.92 Å². The van der Waals surface area contributed by atoms with Gasteiger partial charge in [0.25, 0.3) is 0 Å². The number of hydrogen-bond acceptors (Lipinski definition) is 2. The van der Waals surface area contributed by atoms with Crippen molar-refractivity contribution in [3.05, 3.63) is 102 Å².